The molecular formula is C22H24N4O2. The molecule has 0 spiro atoms. The first-order valence-electron chi connectivity index (χ1n) is 9.51. The van der Waals surface area contributed by atoms with Crippen LogP contribution in [0.1, 0.15) is 12.0 Å². The largest absolute Gasteiger partial charge is 0.497 e. The number of benzene rings is 2. The maximum absolute atomic E-state index is 12.6. The summed E-state index contributed by atoms with van der Waals surface area (Å²) in [5.74, 6) is 0.815. The molecule has 1 amide bonds. The normalized spacial score (nSPS) is 16.1. The summed E-state index contributed by atoms with van der Waals surface area (Å²) < 4.78 is 7.09. The van der Waals surface area contributed by atoms with Gasteiger partial charge in [0.1, 0.15) is 5.75 Å². The summed E-state index contributed by atoms with van der Waals surface area (Å²) in [6, 6.07) is 17.9. The highest BCUT2D eigenvalue weighted by molar-refractivity contribution is 5.81. The van der Waals surface area contributed by atoms with Gasteiger partial charge in [-0.1, -0.05) is 18.2 Å². The summed E-state index contributed by atoms with van der Waals surface area (Å²) in [4.78, 5) is 12.6. The van der Waals surface area contributed by atoms with Crippen molar-refractivity contribution in [2.75, 3.05) is 20.2 Å². The van der Waals surface area contributed by atoms with E-state index in [4.69, 9.17) is 9.84 Å². The first-order chi connectivity index (χ1) is 13.7. The highest BCUT2D eigenvalue weighted by Gasteiger charge is 2.20. The fourth-order valence-electron chi connectivity index (χ4n) is 3.47. The second-order valence-corrected chi connectivity index (χ2v) is 6.95. The van der Waals surface area contributed by atoms with E-state index in [1.807, 2.05) is 65.5 Å². The molecule has 2 N–H and O–H groups in total. The molecule has 6 heteroatoms. The summed E-state index contributed by atoms with van der Waals surface area (Å²) in [6.07, 6.45) is 3.21. The van der Waals surface area contributed by atoms with E-state index in [1.54, 1.807) is 7.11 Å². The van der Waals surface area contributed by atoms with Crippen LogP contribution in [0.15, 0.2) is 60.8 Å². The molecule has 2 heterocycles. The van der Waals surface area contributed by atoms with Crippen LogP contribution in [0.5, 0.6) is 5.75 Å². The van der Waals surface area contributed by atoms with Gasteiger partial charge < -0.3 is 15.4 Å². The van der Waals surface area contributed by atoms with E-state index >= 15 is 0 Å². The third kappa shape index (κ3) is 4.07. The Kier molecular flexibility index (Phi) is 5.39. The van der Waals surface area contributed by atoms with Crippen LogP contribution < -0.4 is 15.4 Å². The zero-order valence-corrected chi connectivity index (χ0v) is 15.9. The van der Waals surface area contributed by atoms with Gasteiger partial charge in [-0.15, -0.1) is 0 Å². The zero-order chi connectivity index (χ0) is 19.3. The Labute approximate surface area is 164 Å². The highest BCUT2D eigenvalue weighted by Crippen LogP contribution is 2.26. The summed E-state index contributed by atoms with van der Waals surface area (Å²) in [5.41, 5.74) is 3.63. The van der Waals surface area contributed by atoms with Gasteiger partial charge >= 0.3 is 0 Å². The Morgan fingerprint density at radius 3 is 2.68 bits per heavy atom. The van der Waals surface area contributed by atoms with Gasteiger partial charge in [-0.25, -0.2) is 4.68 Å². The summed E-state index contributed by atoms with van der Waals surface area (Å²) in [6.45, 7) is 1.79. The van der Waals surface area contributed by atoms with Crippen LogP contribution in [0.2, 0.25) is 0 Å². The van der Waals surface area contributed by atoms with Gasteiger partial charge in [0.15, 0.2) is 0 Å². The van der Waals surface area contributed by atoms with Gasteiger partial charge in [0.25, 0.3) is 0 Å². The summed E-state index contributed by atoms with van der Waals surface area (Å²) >= 11 is 0. The number of nitrogens with zero attached hydrogens (tertiary/aromatic N) is 2. The Bertz CT molecular complexity index is 929. The standard InChI is InChI=1S/C22H24N4O2/c1-28-20-9-7-16(8-10-20)22-17(13-21(27)24-18-11-12-23-14-18)15-26(25-22)19-5-3-2-4-6-19/h2-10,15,18,23H,11-14H2,1H3,(H,24,27). The molecule has 1 aliphatic rings. The summed E-state index contributed by atoms with van der Waals surface area (Å²) in [7, 11) is 1.65. The molecule has 6 nitrogen and oxygen atoms in total. The van der Waals surface area contributed by atoms with Crippen LogP contribution in [-0.4, -0.2) is 41.9 Å². The third-order valence-corrected chi connectivity index (χ3v) is 4.95. The lowest BCUT2D eigenvalue weighted by molar-refractivity contribution is -0.121. The van der Waals surface area contributed by atoms with Gasteiger partial charge in [0, 0.05) is 29.9 Å². The van der Waals surface area contributed by atoms with Crippen molar-refractivity contribution in [2.24, 2.45) is 0 Å². The van der Waals surface area contributed by atoms with Gasteiger partial charge in [-0.3, -0.25) is 4.79 Å². The molecule has 1 aromatic heterocycles. The Balaban J connectivity index is 1.63. The fraction of sp³-hybridized carbons (Fsp3) is 0.273. The number of hydrogen-bond donors (Lipinski definition) is 2. The summed E-state index contributed by atoms with van der Waals surface area (Å²) in [5, 5.41) is 11.2. The van der Waals surface area contributed by atoms with E-state index in [1.165, 1.54) is 0 Å². The average Bonchev–Trinajstić information content (AvgIpc) is 3.39. The van der Waals surface area contributed by atoms with Crippen molar-refractivity contribution in [1.29, 1.82) is 0 Å². The molecule has 0 bridgehead atoms. The average molecular weight is 376 g/mol. The number of amides is 1. The number of hydrogen-bond acceptors (Lipinski definition) is 4. The molecule has 2 aromatic carbocycles. The Morgan fingerprint density at radius 1 is 1.21 bits per heavy atom. The number of rotatable bonds is 6. The van der Waals surface area contributed by atoms with Crippen molar-refractivity contribution in [3.8, 4) is 22.7 Å². The second-order valence-electron chi connectivity index (χ2n) is 6.95. The van der Waals surface area contributed by atoms with E-state index in [-0.39, 0.29) is 11.9 Å². The minimum absolute atomic E-state index is 0.0241. The van der Waals surface area contributed by atoms with Crippen molar-refractivity contribution in [2.45, 2.75) is 18.9 Å². The zero-order valence-electron chi connectivity index (χ0n) is 15.9. The monoisotopic (exact) mass is 376 g/mol. The fourth-order valence-corrected chi connectivity index (χ4v) is 3.47. The number of nitrogens with one attached hydrogen (secondary N) is 2. The Morgan fingerprint density at radius 2 is 2.00 bits per heavy atom. The number of carbonyl (C=O) groups excluding carboxylic acids is 1. The van der Waals surface area contributed by atoms with E-state index in [2.05, 4.69) is 10.6 Å². The van der Waals surface area contributed by atoms with Crippen LogP contribution in [0, 0.1) is 0 Å². The quantitative estimate of drug-likeness (QED) is 0.694. The number of carbonyl (C=O) groups is 1. The van der Waals surface area contributed by atoms with Gasteiger partial charge in [0.2, 0.25) is 5.91 Å². The predicted molar refractivity (Wildman–Crippen MR) is 109 cm³/mol. The molecule has 4 rings (SSSR count). The Hall–Kier alpha value is -3.12. The SMILES string of the molecule is COc1ccc(-c2nn(-c3ccccc3)cc2CC(=O)NC2CCNC2)cc1. The van der Waals surface area contributed by atoms with E-state index in [0.717, 1.165) is 47.8 Å². The minimum atomic E-state index is 0.0241. The molecule has 1 unspecified atom stereocenters. The minimum Gasteiger partial charge on any atom is -0.497 e. The van der Waals surface area contributed by atoms with Gasteiger partial charge in [0.05, 0.1) is 24.9 Å². The molecule has 28 heavy (non-hydrogen) atoms. The molecule has 0 radical (unpaired) electrons. The first-order valence-corrected chi connectivity index (χ1v) is 9.51. The molecule has 1 atom stereocenters. The van der Waals surface area contributed by atoms with Crippen molar-refractivity contribution in [1.82, 2.24) is 20.4 Å². The lowest BCUT2D eigenvalue weighted by Gasteiger charge is -2.11. The molecule has 1 saturated heterocycles. The van der Waals surface area contributed by atoms with E-state index in [0.29, 0.717) is 6.42 Å². The number of ether oxygens (including phenoxy) is 1. The predicted octanol–water partition coefficient (Wildman–Crippen LogP) is 2.57. The molecule has 0 aliphatic carbocycles. The van der Waals surface area contributed by atoms with Crippen molar-refractivity contribution >= 4 is 5.91 Å². The molecule has 1 aliphatic heterocycles. The van der Waals surface area contributed by atoms with Gasteiger partial charge in [-0.2, -0.15) is 5.10 Å². The van der Waals surface area contributed by atoms with Crippen LogP contribution in [0.25, 0.3) is 16.9 Å². The van der Waals surface area contributed by atoms with E-state index in [9.17, 15) is 4.79 Å². The van der Waals surface area contributed by atoms with Crippen LogP contribution >= 0.6 is 0 Å². The lowest BCUT2D eigenvalue weighted by atomic mass is 10.1. The molecular weight excluding hydrogens is 352 g/mol. The molecule has 3 aromatic rings. The van der Waals surface area contributed by atoms with Crippen LogP contribution in [0.3, 0.4) is 0 Å². The molecule has 144 valence electrons. The number of para-hydroxylation sites is 1. The highest BCUT2D eigenvalue weighted by atomic mass is 16.5. The third-order valence-electron chi connectivity index (χ3n) is 4.95. The van der Waals surface area contributed by atoms with Crippen molar-refractivity contribution in [3.63, 3.8) is 0 Å². The lowest BCUT2D eigenvalue weighted by Crippen LogP contribution is -2.37. The number of aromatic nitrogens is 2. The van der Waals surface area contributed by atoms with E-state index < -0.39 is 0 Å². The van der Waals surface area contributed by atoms with Crippen molar-refractivity contribution < 1.29 is 9.53 Å². The van der Waals surface area contributed by atoms with Gasteiger partial charge in [-0.05, 0) is 49.4 Å². The maximum atomic E-state index is 12.6. The van der Waals surface area contributed by atoms with Crippen LogP contribution in [0.4, 0.5) is 0 Å². The van der Waals surface area contributed by atoms with Crippen molar-refractivity contribution in [3.05, 3.63) is 66.4 Å². The molecule has 0 saturated carbocycles. The maximum Gasteiger partial charge on any atom is 0.224 e. The molecule has 1 fully saturated rings. The van der Waals surface area contributed by atoms with Crippen LogP contribution in [-0.2, 0) is 11.2 Å². The first kappa shape index (κ1) is 18.3. The number of methoxy groups -OCH3 is 1. The topological polar surface area (TPSA) is 68.2 Å². The smallest absolute Gasteiger partial charge is 0.224 e. The second kappa shape index (κ2) is 8.27.